The Kier molecular flexibility index (Phi) is 1.89. The van der Waals surface area contributed by atoms with E-state index < -0.39 is 5.56 Å². The van der Waals surface area contributed by atoms with Crippen LogP contribution in [0.2, 0.25) is 0 Å². The minimum atomic E-state index is -0.462. The van der Waals surface area contributed by atoms with Crippen LogP contribution in [0.4, 0.5) is 0 Å². The molecule has 2 aromatic heterocycles. The molecule has 2 aromatic rings. The summed E-state index contributed by atoms with van der Waals surface area (Å²) in [6, 6.07) is 6.41. The van der Waals surface area contributed by atoms with Crippen molar-refractivity contribution in [3.63, 3.8) is 0 Å². The molecule has 0 radical (unpaired) electrons. The first kappa shape index (κ1) is 8.62. The van der Waals surface area contributed by atoms with Gasteiger partial charge in [0.2, 0.25) is 0 Å². The molecule has 0 spiro atoms. The molecule has 0 saturated carbocycles. The summed E-state index contributed by atoms with van der Waals surface area (Å²) in [5, 5.41) is 9.44. The predicted molar refractivity (Wildman–Crippen MR) is 50.3 cm³/mol. The molecular formula is C10H9NO3. The van der Waals surface area contributed by atoms with Crippen molar-refractivity contribution in [2.24, 2.45) is 0 Å². The molecule has 0 aliphatic carbocycles. The molecule has 0 unspecified atom stereocenters. The van der Waals surface area contributed by atoms with Gasteiger partial charge in [-0.15, -0.1) is 4.73 Å². The minimum absolute atomic E-state index is 0.361. The second kappa shape index (κ2) is 3.06. The number of hydrogen-bond donors (Lipinski definition) is 1. The van der Waals surface area contributed by atoms with Gasteiger partial charge in [0.15, 0.2) is 5.76 Å². The Morgan fingerprint density at radius 2 is 2.21 bits per heavy atom. The molecule has 14 heavy (non-hydrogen) atoms. The maximum absolute atomic E-state index is 11.2. The van der Waals surface area contributed by atoms with Crippen molar-refractivity contribution in [3.05, 3.63) is 46.4 Å². The Balaban J connectivity index is 2.70. The van der Waals surface area contributed by atoms with Crippen molar-refractivity contribution in [1.82, 2.24) is 4.73 Å². The molecule has 1 N–H and O–H groups in total. The zero-order chi connectivity index (χ0) is 10.1. The Hall–Kier alpha value is -1.97. The lowest BCUT2D eigenvalue weighted by atomic mass is 10.2. The lowest BCUT2D eigenvalue weighted by molar-refractivity contribution is 0.178. The summed E-state index contributed by atoms with van der Waals surface area (Å²) in [6.45, 7) is 1.79. The summed E-state index contributed by atoms with van der Waals surface area (Å²) >= 11 is 0. The van der Waals surface area contributed by atoms with Crippen LogP contribution in [0, 0.1) is 6.92 Å². The first-order chi connectivity index (χ1) is 6.68. The fraction of sp³-hybridized carbons (Fsp3) is 0.100. The number of pyridine rings is 1. The molecular weight excluding hydrogens is 182 g/mol. The lowest BCUT2D eigenvalue weighted by Crippen LogP contribution is -2.18. The smallest absolute Gasteiger partial charge is 0.283 e. The number of nitrogens with zero attached hydrogens (tertiary/aromatic N) is 1. The Bertz CT molecular complexity index is 497. The van der Waals surface area contributed by atoms with E-state index in [2.05, 4.69) is 0 Å². The van der Waals surface area contributed by atoms with Crippen molar-refractivity contribution < 1.29 is 9.62 Å². The van der Waals surface area contributed by atoms with Gasteiger partial charge >= 0.3 is 0 Å². The van der Waals surface area contributed by atoms with E-state index in [-0.39, 0.29) is 0 Å². The van der Waals surface area contributed by atoms with Crippen LogP contribution in [0.1, 0.15) is 5.56 Å². The summed E-state index contributed by atoms with van der Waals surface area (Å²) < 4.78 is 5.67. The van der Waals surface area contributed by atoms with Crippen molar-refractivity contribution in [2.45, 2.75) is 6.92 Å². The summed E-state index contributed by atoms with van der Waals surface area (Å²) in [7, 11) is 0. The number of rotatable bonds is 1. The fourth-order valence-electron chi connectivity index (χ4n) is 1.29. The van der Waals surface area contributed by atoms with Gasteiger partial charge < -0.3 is 9.62 Å². The molecule has 4 heteroatoms. The van der Waals surface area contributed by atoms with E-state index in [1.54, 1.807) is 25.1 Å². The van der Waals surface area contributed by atoms with Crippen molar-refractivity contribution in [1.29, 1.82) is 0 Å². The Morgan fingerprint density at radius 1 is 1.43 bits per heavy atom. The van der Waals surface area contributed by atoms with E-state index in [1.807, 2.05) is 0 Å². The number of hydrogen-bond acceptors (Lipinski definition) is 3. The molecule has 72 valence electrons. The van der Waals surface area contributed by atoms with Crippen LogP contribution in [0.25, 0.3) is 11.5 Å². The largest absolute Gasteiger partial charge is 0.463 e. The highest BCUT2D eigenvalue weighted by atomic mass is 16.5. The lowest BCUT2D eigenvalue weighted by Gasteiger charge is -2.03. The van der Waals surface area contributed by atoms with E-state index in [1.165, 1.54) is 12.3 Å². The normalized spacial score (nSPS) is 10.4. The van der Waals surface area contributed by atoms with E-state index >= 15 is 0 Å². The average Bonchev–Trinajstić information content (AvgIpc) is 2.63. The van der Waals surface area contributed by atoms with Gasteiger partial charge in [0, 0.05) is 6.07 Å². The van der Waals surface area contributed by atoms with Crippen LogP contribution in [0.5, 0.6) is 0 Å². The van der Waals surface area contributed by atoms with Gasteiger partial charge in [-0.3, -0.25) is 4.79 Å². The monoisotopic (exact) mass is 191 g/mol. The van der Waals surface area contributed by atoms with Gasteiger partial charge in [-0.2, -0.15) is 0 Å². The first-order valence-corrected chi connectivity index (χ1v) is 4.15. The van der Waals surface area contributed by atoms with Gasteiger partial charge in [-0.1, -0.05) is 0 Å². The molecule has 0 aliphatic heterocycles. The van der Waals surface area contributed by atoms with Crippen molar-refractivity contribution in [2.75, 3.05) is 0 Å². The predicted octanol–water partition coefficient (Wildman–Crippen LogP) is 1.65. The molecule has 0 bridgehead atoms. The van der Waals surface area contributed by atoms with Gasteiger partial charge in [-0.05, 0) is 30.7 Å². The zero-order valence-electron chi connectivity index (χ0n) is 7.60. The fourth-order valence-corrected chi connectivity index (χ4v) is 1.29. The minimum Gasteiger partial charge on any atom is -0.463 e. The molecule has 0 aliphatic rings. The van der Waals surface area contributed by atoms with Gasteiger partial charge in [-0.25, -0.2) is 0 Å². The maximum Gasteiger partial charge on any atom is 0.283 e. The Labute approximate surface area is 80.0 Å². The second-order valence-electron chi connectivity index (χ2n) is 3.05. The number of furan rings is 1. The third kappa shape index (κ3) is 1.31. The standard InChI is InChI=1S/C10H9NO3/c1-7-5-8(9-3-2-4-14-9)11(13)10(12)6-7/h2-6,13H,1H3. The molecule has 0 fully saturated rings. The van der Waals surface area contributed by atoms with E-state index in [0.717, 1.165) is 5.56 Å². The molecule has 2 heterocycles. The topological polar surface area (TPSA) is 55.4 Å². The summed E-state index contributed by atoms with van der Waals surface area (Å²) in [4.78, 5) is 11.2. The van der Waals surface area contributed by atoms with E-state index in [0.29, 0.717) is 16.2 Å². The van der Waals surface area contributed by atoms with Crippen molar-refractivity contribution >= 4 is 0 Å². The summed E-state index contributed by atoms with van der Waals surface area (Å²) in [5.41, 5.74) is 0.683. The molecule has 2 rings (SSSR count). The molecule has 0 saturated heterocycles. The SMILES string of the molecule is Cc1cc(-c2ccco2)n(O)c(=O)c1. The van der Waals surface area contributed by atoms with Gasteiger partial charge in [0.25, 0.3) is 5.56 Å². The van der Waals surface area contributed by atoms with Crippen LogP contribution < -0.4 is 5.56 Å². The molecule has 4 nitrogen and oxygen atoms in total. The molecule has 0 amide bonds. The first-order valence-electron chi connectivity index (χ1n) is 4.15. The van der Waals surface area contributed by atoms with Crippen LogP contribution >= 0.6 is 0 Å². The summed E-state index contributed by atoms with van der Waals surface area (Å²) in [5.74, 6) is 0.466. The second-order valence-corrected chi connectivity index (χ2v) is 3.05. The van der Waals surface area contributed by atoms with Gasteiger partial charge in [0.1, 0.15) is 5.69 Å². The third-order valence-electron chi connectivity index (χ3n) is 1.93. The van der Waals surface area contributed by atoms with Gasteiger partial charge in [0.05, 0.1) is 6.26 Å². The highest BCUT2D eigenvalue weighted by Crippen LogP contribution is 2.18. The average molecular weight is 191 g/mol. The van der Waals surface area contributed by atoms with E-state index in [9.17, 15) is 10.0 Å². The van der Waals surface area contributed by atoms with Crippen LogP contribution in [-0.2, 0) is 0 Å². The van der Waals surface area contributed by atoms with Crippen LogP contribution in [0.3, 0.4) is 0 Å². The molecule has 0 aromatic carbocycles. The zero-order valence-corrected chi connectivity index (χ0v) is 7.60. The molecule has 0 atom stereocenters. The maximum atomic E-state index is 11.2. The number of aryl methyl sites for hydroxylation is 1. The highest BCUT2D eigenvalue weighted by Gasteiger charge is 2.08. The van der Waals surface area contributed by atoms with Crippen LogP contribution in [0.15, 0.2) is 39.7 Å². The number of aromatic nitrogens is 1. The quantitative estimate of drug-likeness (QED) is 0.697. The van der Waals surface area contributed by atoms with Crippen molar-refractivity contribution in [3.8, 4) is 11.5 Å². The Morgan fingerprint density at radius 3 is 2.86 bits per heavy atom. The van der Waals surface area contributed by atoms with E-state index in [4.69, 9.17) is 4.42 Å². The highest BCUT2D eigenvalue weighted by molar-refractivity contribution is 5.52. The van der Waals surface area contributed by atoms with Crippen LogP contribution in [-0.4, -0.2) is 9.94 Å². The summed E-state index contributed by atoms with van der Waals surface area (Å²) in [6.07, 6.45) is 1.49. The third-order valence-corrected chi connectivity index (χ3v) is 1.93.